The molecule has 1 aliphatic rings. The molecule has 0 radical (unpaired) electrons. The molecule has 0 aromatic rings. The lowest BCUT2D eigenvalue weighted by Crippen LogP contribution is -2.39. The molecule has 0 heterocycles. The Hall–Kier alpha value is -0.770. The van der Waals surface area contributed by atoms with Gasteiger partial charge in [0.2, 0.25) is 0 Å². The van der Waals surface area contributed by atoms with E-state index in [0.29, 0.717) is 5.92 Å². The van der Waals surface area contributed by atoms with Gasteiger partial charge in [-0.2, -0.15) is 0 Å². The van der Waals surface area contributed by atoms with Crippen LogP contribution in [0.1, 0.15) is 60.3 Å². The van der Waals surface area contributed by atoms with E-state index in [4.69, 9.17) is 4.74 Å². The summed E-state index contributed by atoms with van der Waals surface area (Å²) < 4.78 is 5.38. The van der Waals surface area contributed by atoms with Crippen molar-refractivity contribution in [3.63, 3.8) is 0 Å². The van der Waals surface area contributed by atoms with Crippen molar-refractivity contribution in [3.05, 3.63) is 0 Å². The number of ether oxygens (including phenoxy) is 1. The summed E-state index contributed by atoms with van der Waals surface area (Å²) in [7, 11) is 1.81. The molecule has 1 aliphatic carbocycles. The second-order valence-corrected chi connectivity index (χ2v) is 8.25. The fourth-order valence-corrected chi connectivity index (χ4v) is 3.01. The molecular formula is C18H36N2O2. The molecular weight excluding hydrogens is 276 g/mol. The molecule has 130 valence electrons. The van der Waals surface area contributed by atoms with E-state index in [0.717, 1.165) is 31.5 Å². The van der Waals surface area contributed by atoms with Crippen LogP contribution in [-0.2, 0) is 4.74 Å². The third-order valence-electron chi connectivity index (χ3n) is 4.35. The fourth-order valence-electron chi connectivity index (χ4n) is 3.01. The first-order valence-corrected chi connectivity index (χ1v) is 8.82. The lowest BCUT2D eigenvalue weighted by molar-refractivity contribution is 0.0276. The van der Waals surface area contributed by atoms with Gasteiger partial charge in [-0.05, 0) is 64.5 Å². The molecule has 0 spiro atoms. The summed E-state index contributed by atoms with van der Waals surface area (Å²) >= 11 is 0. The number of amides is 1. The summed E-state index contributed by atoms with van der Waals surface area (Å²) in [5.74, 6) is 2.18. The predicted molar refractivity (Wildman–Crippen MR) is 92.0 cm³/mol. The predicted octanol–water partition coefficient (Wildman–Crippen LogP) is 3.91. The van der Waals surface area contributed by atoms with E-state index in [2.05, 4.69) is 19.2 Å². The van der Waals surface area contributed by atoms with Gasteiger partial charge in [0.05, 0.1) is 0 Å². The van der Waals surface area contributed by atoms with Crippen LogP contribution in [0.4, 0.5) is 4.79 Å². The molecule has 22 heavy (non-hydrogen) atoms. The maximum Gasteiger partial charge on any atom is 0.410 e. The van der Waals surface area contributed by atoms with Crippen LogP contribution >= 0.6 is 0 Å². The monoisotopic (exact) mass is 312 g/mol. The minimum absolute atomic E-state index is 0.236. The van der Waals surface area contributed by atoms with E-state index < -0.39 is 5.60 Å². The fraction of sp³-hybridized carbons (Fsp3) is 0.944. The normalized spacial score (nSPS) is 23.9. The van der Waals surface area contributed by atoms with Gasteiger partial charge in [-0.1, -0.05) is 26.7 Å². The number of hydrogen-bond acceptors (Lipinski definition) is 3. The van der Waals surface area contributed by atoms with Crippen molar-refractivity contribution in [2.45, 2.75) is 65.9 Å². The van der Waals surface area contributed by atoms with E-state index in [-0.39, 0.29) is 6.09 Å². The number of carbonyl (C=O) groups excluding carboxylic acids is 1. The Labute approximate surface area is 137 Å². The molecule has 1 rings (SSSR count). The highest BCUT2D eigenvalue weighted by molar-refractivity contribution is 5.67. The summed E-state index contributed by atoms with van der Waals surface area (Å²) in [5.41, 5.74) is -0.426. The van der Waals surface area contributed by atoms with Gasteiger partial charge in [-0.25, -0.2) is 4.79 Å². The van der Waals surface area contributed by atoms with Crippen LogP contribution in [-0.4, -0.2) is 43.3 Å². The Balaban J connectivity index is 2.17. The molecule has 0 bridgehead atoms. The van der Waals surface area contributed by atoms with Gasteiger partial charge in [-0.15, -0.1) is 0 Å². The van der Waals surface area contributed by atoms with Gasteiger partial charge >= 0.3 is 6.09 Å². The summed E-state index contributed by atoms with van der Waals surface area (Å²) in [4.78, 5) is 13.6. The number of nitrogens with one attached hydrogen (secondary N) is 1. The second-order valence-electron chi connectivity index (χ2n) is 8.25. The highest BCUT2D eigenvalue weighted by Crippen LogP contribution is 2.27. The zero-order valence-electron chi connectivity index (χ0n) is 15.4. The van der Waals surface area contributed by atoms with Gasteiger partial charge in [0.25, 0.3) is 0 Å². The Morgan fingerprint density at radius 1 is 1.27 bits per heavy atom. The van der Waals surface area contributed by atoms with Crippen molar-refractivity contribution in [1.82, 2.24) is 10.2 Å². The van der Waals surface area contributed by atoms with Gasteiger partial charge in [0.1, 0.15) is 5.60 Å². The van der Waals surface area contributed by atoms with Gasteiger partial charge in [-0.3, -0.25) is 0 Å². The lowest BCUT2D eigenvalue weighted by Gasteiger charge is -2.28. The molecule has 0 aromatic heterocycles. The largest absolute Gasteiger partial charge is 0.444 e. The summed E-state index contributed by atoms with van der Waals surface area (Å²) in [6.45, 7) is 13.0. The van der Waals surface area contributed by atoms with Crippen LogP contribution in [0.5, 0.6) is 0 Å². The molecule has 1 unspecified atom stereocenters. The maximum absolute atomic E-state index is 11.9. The van der Waals surface area contributed by atoms with Gasteiger partial charge < -0.3 is 15.0 Å². The molecule has 0 aliphatic heterocycles. The van der Waals surface area contributed by atoms with E-state index in [1.807, 2.05) is 27.8 Å². The van der Waals surface area contributed by atoms with Crippen LogP contribution in [0.15, 0.2) is 0 Å². The number of carbonyl (C=O) groups is 1. The topological polar surface area (TPSA) is 41.6 Å². The zero-order valence-corrected chi connectivity index (χ0v) is 15.4. The van der Waals surface area contributed by atoms with Gasteiger partial charge in [0, 0.05) is 13.6 Å². The first kappa shape index (κ1) is 19.3. The van der Waals surface area contributed by atoms with Crippen molar-refractivity contribution in [2.75, 3.05) is 26.7 Å². The Bertz CT molecular complexity index is 330. The lowest BCUT2D eigenvalue weighted by atomic mass is 9.83. The van der Waals surface area contributed by atoms with E-state index >= 15 is 0 Å². The summed E-state index contributed by atoms with van der Waals surface area (Å²) in [6, 6.07) is 0. The van der Waals surface area contributed by atoms with Crippen molar-refractivity contribution >= 4 is 6.09 Å². The van der Waals surface area contributed by atoms with Gasteiger partial charge in [0.15, 0.2) is 0 Å². The van der Waals surface area contributed by atoms with Crippen LogP contribution in [0.2, 0.25) is 0 Å². The first-order valence-electron chi connectivity index (χ1n) is 8.82. The van der Waals surface area contributed by atoms with E-state index in [1.165, 1.54) is 25.7 Å². The average molecular weight is 312 g/mol. The molecule has 1 amide bonds. The highest BCUT2D eigenvalue weighted by Gasteiger charge is 2.21. The third kappa shape index (κ3) is 8.02. The Kier molecular flexibility index (Phi) is 7.67. The molecule has 4 nitrogen and oxygen atoms in total. The quantitative estimate of drug-likeness (QED) is 0.808. The minimum Gasteiger partial charge on any atom is -0.444 e. The van der Waals surface area contributed by atoms with Crippen LogP contribution in [0, 0.1) is 17.8 Å². The zero-order chi connectivity index (χ0) is 16.8. The minimum atomic E-state index is -0.426. The molecule has 1 saturated carbocycles. The smallest absolute Gasteiger partial charge is 0.410 e. The molecule has 0 aromatic carbocycles. The van der Waals surface area contributed by atoms with Crippen LogP contribution in [0.3, 0.4) is 0 Å². The van der Waals surface area contributed by atoms with Crippen LogP contribution < -0.4 is 5.32 Å². The standard InChI is InChI=1S/C18H36N2O2/c1-14-7-9-16(10-8-14)12-19-11-15(2)13-20(6)17(21)22-18(3,4)5/h14-16,19H,7-13H2,1-6H3. The van der Waals surface area contributed by atoms with Crippen molar-refractivity contribution in [2.24, 2.45) is 17.8 Å². The van der Waals surface area contributed by atoms with E-state index in [9.17, 15) is 4.79 Å². The number of rotatable bonds is 6. The first-order chi connectivity index (χ1) is 10.2. The third-order valence-corrected chi connectivity index (χ3v) is 4.35. The average Bonchev–Trinajstić information content (AvgIpc) is 2.39. The highest BCUT2D eigenvalue weighted by atomic mass is 16.6. The summed E-state index contributed by atoms with van der Waals surface area (Å²) in [6.07, 6.45) is 5.24. The van der Waals surface area contributed by atoms with Crippen molar-refractivity contribution in [3.8, 4) is 0 Å². The molecule has 1 fully saturated rings. The summed E-state index contributed by atoms with van der Waals surface area (Å²) in [5, 5.41) is 3.58. The molecule has 4 heteroatoms. The Morgan fingerprint density at radius 3 is 2.41 bits per heavy atom. The molecule has 1 N–H and O–H groups in total. The number of hydrogen-bond donors (Lipinski definition) is 1. The van der Waals surface area contributed by atoms with Crippen molar-refractivity contribution in [1.29, 1.82) is 0 Å². The van der Waals surface area contributed by atoms with E-state index in [1.54, 1.807) is 4.90 Å². The molecule has 0 saturated heterocycles. The Morgan fingerprint density at radius 2 is 1.86 bits per heavy atom. The second kappa shape index (κ2) is 8.76. The SMILES string of the molecule is CC1CCC(CNCC(C)CN(C)C(=O)OC(C)(C)C)CC1. The maximum atomic E-state index is 11.9. The van der Waals surface area contributed by atoms with Crippen molar-refractivity contribution < 1.29 is 9.53 Å². The van der Waals surface area contributed by atoms with Crippen LogP contribution in [0.25, 0.3) is 0 Å². The molecule has 1 atom stereocenters. The number of nitrogens with zero attached hydrogens (tertiary/aromatic N) is 1.